The van der Waals surface area contributed by atoms with Gasteiger partial charge in [0, 0.05) is 6.07 Å². The molecule has 0 fully saturated rings. The molecule has 0 aliphatic rings. The first-order valence-corrected chi connectivity index (χ1v) is 8.06. The third kappa shape index (κ3) is 6.49. The number of nitrogens with one attached hydrogen (secondary N) is 2. The number of hydrogen-bond donors (Lipinski definition) is 2. The summed E-state index contributed by atoms with van der Waals surface area (Å²) in [4.78, 5) is 25.9. The molecule has 1 aromatic heterocycles. The predicted octanol–water partition coefficient (Wildman–Crippen LogP) is 3.38. The van der Waals surface area contributed by atoms with E-state index in [0.29, 0.717) is 10.9 Å². The Labute approximate surface area is 129 Å². The molecule has 2 N–H and O–H groups in total. The van der Waals surface area contributed by atoms with Crippen LogP contribution in [0.5, 0.6) is 0 Å². The van der Waals surface area contributed by atoms with E-state index >= 15 is 0 Å². The summed E-state index contributed by atoms with van der Waals surface area (Å²) in [7, 11) is 0. The lowest BCUT2D eigenvalue weighted by Gasteiger charge is -2.06. The molecule has 0 aliphatic heterocycles. The van der Waals surface area contributed by atoms with E-state index in [1.165, 1.54) is 29.8 Å². The lowest BCUT2D eigenvalue weighted by atomic mass is 9.99. The second kappa shape index (κ2) is 9.23. The number of H-pyrrole nitrogens is 2. The van der Waals surface area contributed by atoms with E-state index in [1.807, 2.05) is 6.92 Å². The molecule has 0 spiro atoms. The monoisotopic (exact) mass is 306 g/mol. The highest BCUT2D eigenvalue weighted by Crippen LogP contribution is 2.16. The summed E-state index contributed by atoms with van der Waals surface area (Å²) in [6, 6.07) is 12.0. The highest BCUT2D eigenvalue weighted by molar-refractivity contribution is 7.99. The molecule has 2 aromatic rings. The Bertz CT molecular complexity index is 606. The van der Waals surface area contributed by atoms with Crippen molar-refractivity contribution in [3.63, 3.8) is 0 Å². The summed E-state index contributed by atoms with van der Waals surface area (Å²) in [5, 5.41) is 0.612. The molecular weight excluding hydrogens is 284 g/mol. The van der Waals surface area contributed by atoms with Gasteiger partial charge in [-0.1, -0.05) is 51.1 Å². The molecule has 0 amide bonds. The van der Waals surface area contributed by atoms with E-state index in [1.54, 1.807) is 0 Å². The smallest absolute Gasteiger partial charge is 0.302 e. The Balaban J connectivity index is 0.000000211. The summed E-state index contributed by atoms with van der Waals surface area (Å²) >= 11 is 1.43. The van der Waals surface area contributed by atoms with Crippen LogP contribution in [0.25, 0.3) is 0 Å². The second-order valence-corrected chi connectivity index (χ2v) is 5.91. The van der Waals surface area contributed by atoms with Crippen molar-refractivity contribution in [2.45, 2.75) is 38.1 Å². The largest absolute Gasteiger partial charge is 0.326 e. The fourth-order valence-corrected chi connectivity index (χ4v) is 2.36. The minimum atomic E-state index is -0.451. The molecule has 1 aromatic carbocycles. The van der Waals surface area contributed by atoms with Gasteiger partial charge in [0.25, 0.3) is 5.56 Å². The summed E-state index contributed by atoms with van der Waals surface area (Å²) in [5.41, 5.74) is 0.642. The number of benzene rings is 1. The van der Waals surface area contributed by atoms with Gasteiger partial charge >= 0.3 is 5.69 Å². The molecule has 0 saturated heterocycles. The van der Waals surface area contributed by atoms with Gasteiger partial charge in [0.05, 0.1) is 5.03 Å². The Morgan fingerprint density at radius 2 is 1.76 bits per heavy atom. The summed E-state index contributed by atoms with van der Waals surface area (Å²) in [6.07, 6.45) is 1.23. The molecule has 21 heavy (non-hydrogen) atoms. The van der Waals surface area contributed by atoms with Crippen LogP contribution in [-0.4, -0.2) is 15.7 Å². The molecule has 2 rings (SSSR count). The van der Waals surface area contributed by atoms with Crippen molar-refractivity contribution < 1.29 is 0 Å². The van der Waals surface area contributed by atoms with E-state index < -0.39 is 5.69 Å². The quantitative estimate of drug-likeness (QED) is 0.672. The number of aromatic nitrogens is 2. The molecule has 0 saturated carbocycles. The van der Waals surface area contributed by atoms with Crippen LogP contribution in [0.3, 0.4) is 0 Å². The van der Waals surface area contributed by atoms with Crippen LogP contribution < -0.4 is 11.2 Å². The Hall–Kier alpha value is -1.75. The topological polar surface area (TPSA) is 65.7 Å². The molecule has 4 nitrogen and oxygen atoms in total. The van der Waals surface area contributed by atoms with Crippen LogP contribution in [0, 0.1) is 0 Å². The average molecular weight is 306 g/mol. The SMILES string of the molecule is CCC(C)c1ccccc1.CCSc1cc(=O)[nH]c(=O)[nH]1. The lowest BCUT2D eigenvalue weighted by molar-refractivity contribution is 0.733. The van der Waals surface area contributed by atoms with Crippen molar-refractivity contribution in [3.05, 3.63) is 62.8 Å². The van der Waals surface area contributed by atoms with Gasteiger partial charge in [-0.05, 0) is 23.7 Å². The summed E-state index contributed by atoms with van der Waals surface area (Å²) in [6.45, 7) is 6.43. The molecule has 1 heterocycles. The summed E-state index contributed by atoms with van der Waals surface area (Å²) in [5.74, 6) is 1.54. The van der Waals surface area contributed by atoms with Crippen LogP contribution in [0.4, 0.5) is 0 Å². The number of rotatable bonds is 4. The van der Waals surface area contributed by atoms with Gasteiger partial charge in [0.15, 0.2) is 0 Å². The Kier molecular flexibility index (Phi) is 7.61. The van der Waals surface area contributed by atoms with Crippen LogP contribution in [-0.2, 0) is 0 Å². The van der Waals surface area contributed by atoms with E-state index in [-0.39, 0.29) is 5.56 Å². The third-order valence-corrected chi connectivity index (χ3v) is 3.84. The average Bonchev–Trinajstić information content (AvgIpc) is 2.47. The zero-order valence-corrected chi connectivity index (χ0v) is 13.5. The highest BCUT2D eigenvalue weighted by Gasteiger charge is 1.98. The number of aromatic amines is 2. The fourth-order valence-electron chi connectivity index (χ4n) is 1.70. The Morgan fingerprint density at radius 3 is 2.29 bits per heavy atom. The minimum Gasteiger partial charge on any atom is -0.302 e. The molecular formula is C16H22N2O2S. The van der Waals surface area contributed by atoms with Gasteiger partial charge in [0.2, 0.25) is 0 Å². The van der Waals surface area contributed by atoms with Crippen molar-refractivity contribution in [1.82, 2.24) is 9.97 Å². The first-order chi connectivity index (χ1) is 10.1. The standard InChI is InChI=1S/C10H14.C6H8N2O2S/c1-3-9(2)10-7-5-4-6-8-10;1-2-11-5-3-4(9)7-6(10)8-5/h4-9H,3H2,1-2H3;3H,2H2,1H3,(H2,7,8,9,10). The normalized spacial score (nSPS) is 11.4. The zero-order valence-electron chi connectivity index (χ0n) is 12.7. The highest BCUT2D eigenvalue weighted by atomic mass is 32.2. The Morgan fingerprint density at radius 1 is 1.10 bits per heavy atom. The van der Waals surface area contributed by atoms with Crippen LogP contribution in [0.2, 0.25) is 0 Å². The van der Waals surface area contributed by atoms with Gasteiger partial charge in [-0.2, -0.15) is 0 Å². The molecule has 1 atom stereocenters. The van der Waals surface area contributed by atoms with Gasteiger partial charge in [0.1, 0.15) is 0 Å². The zero-order chi connectivity index (χ0) is 15.7. The van der Waals surface area contributed by atoms with Crippen molar-refractivity contribution in [1.29, 1.82) is 0 Å². The van der Waals surface area contributed by atoms with E-state index in [0.717, 1.165) is 5.75 Å². The first kappa shape index (κ1) is 17.3. The lowest BCUT2D eigenvalue weighted by Crippen LogP contribution is -2.21. The molecule has 0 bridgehead atoms. The maximum absolute atomic E-state index is 10.7. The minimum absolute atomic E-state index is 0.357. The maximum atomic E-state index is 10.7. The predicted molar refractivity (Wildman–Crippen MR) is 89.2 cm³/mol. The second-order valence-electron chi connectivity index (χ2n) is 4.60. The van der Waals surface area contributed by atoms with Gasteiger partial charge in [-0.15, -0.1) is 11.8 Å². The van der Waals surface area contributed by atoms with Gasteiger partial charge in [-0.25, -0.2) is 4.79 Å². The van der Waals surface area contributed by atoms with Crippen LogP contribution in [0.15, 0.2) is 51.0 Å². The van der Waals surface area contributed by atoms with Crippen molar-refractivity contribution in [2.75, 3.05) is 5.75 Å². The van der Waals surface area contributed by atoms with Gasteiger partial charge in [-0.3, -0.25) is 9.78 Å². The van der Waals surface area contributed by atoms with Crippen LogP contribution in [0.1, 0.15) is 38.7 Å². The molecule has 114 valence electrons. The molecule has 0 radical (unpaired) electrons. The van der Waals surface area contributed by atoms with Crippen molar-refractivity contribution >= 4 is 11.8 Å². The molecule has 1 unspecified atom stereocenters. The number of thioether (sulfide) groups is 1. The fraction of sp³-hybridized carbons (Fsp3) is 0.375. The molecule has 0 aliphatic carbocycles. The summed E-state index contributed by atoms with van der Waals surface area (Å²) < 4.78 is 0. The maximum Gasteiger partial charge on any atom is 0.326 e. The van der Waals surface area contributed by atoms with E-state index in [2.05, 4.69) is 54.1 Å². The van der Waals surface area contributed by atoms with E-state index in [9.17, 15) is 9.59 Å². The van der Waals surface area contributed by atoms with Crippen molar-refractivity contribution in [3.8, 4) is 0 Å². The van der Waals surface area contributed by atoms with Crippen molar-refractivity contribution in [2.24, 2.45) is 0 Å². The first-order valence-electron chi connectivity index (χ1n) is 7.08. The number of hydrogen-bond acceptors (Lipinski definition) is 3. The van der Waals surface area contributed by atoms with E-state index in [4.69, 9.17) is 0 Å². The van der Waals surface area contributed by atoms with Gasteiger partial charge < -0.3 is 4.98 Å². The van der Waals surface area contributed by atoms with Crippen LogP contribution >= 0.6 is 11.8 Å². The third-order valence-electron chi connectivity index (χ3n) is 3.02. The molecule has 5 heteroatoms.